The van der Waals surface area contributed by atoms with Crippen molar-refractivity contribution in [2.45, 2.75) is 0 Å². The van der Waals surface area contributed by atoms with Gasteiger partial charge in [-0.2, -0.15) is 5.10 Å². The minimum absolute atomic E-state index is 0.181. The largest absolute Gasteiger partial charge is 0.447 e. The second kappa shape index (κ2) is 9.08. The van der Waals surface area contributed by atoms with Crippen LogP contribution in [-0.4, -0.2) is 46.8 Å². The van der Waals surface area contributed by atoms with Crippen LogP contribution in [0.15, 0.2) is 42.6 Å². The highest BCUT2D eigenvalue weighted by molar-refractivity contribution is 7.18. The number of methoxy groups -OCH3 is 1. The Morgan fingerprint density at radius 3 is 3.00 bits per heavy atom. The highest BCUT2D eigenvalue weighted by Gasteiger charge is 2.12. The molecule has 11 heteroatoms. The Balaban J connectivity index is 1.47. The second-order valence-electron chi connectivity index (χ2n) is 6.13. The first-order valence-corrected chi connectivity index (χ1v) is 10.1. The average Bonchev–Trinajstić information content (AvgIpc) is 3.40. The number of rotatable bonds is 7. The van der Waals surface area contributed by atoms with Crippen molar-refractivity contribution in [3.63, 3.8) is 0 Å². The van der Waals surface area contributed by atoms with E-state index in [1.165, 1.54) is 11.3 Å². The van der Waals surface area contributed by atoms with Crippen LogP contribution in [0.4, 0.5) is 21.3 Å². The lowest BCUT2D eigenvalue weighted by Gasteiger charge is -2.07. The fourth-order valence-electron chi connectivity index (χ4n) is 2.69. The third-order valence-electron chi connectivity index (χ3n) is 4.10. The molecule has 0 bridgehead atoms. The van der Waals surface area contributed by atoms with Crippen LogP contribution in [0.25, 0.3) is 21.5 Å². The topological polar surface area (TPSA) is 114 Å². The number of halogens is 1. The Bertz CT molecular complexity index is 1180. The zero-order valence-corrected chi connectivity index (χ0v) is 17.4. The molecular weight excluding hydrogens is 428 g/mol. The quantitative estimate of drug-likeness (QED) is 0.355. The number of benzene rings is 2. The first kappa shape index (κ1) is 20.1. The third kappa shape index (κ3) is 4.51. The molecule has 2 aromatic heterocycles. The number of hydrogen-bond acceptors (Lipinski definition) is 8. The van der Waals surface area contributed by atoms with E-state index in [1.54, 1.807) is 25.4 Å². The Labute approximate surface area is 180 Å². The van der Waals surface area contributed by atoms with Crippen LogP contribution in [0, 0.1) is 0 Å². The minimum atomic E-state index is -0.548. The van der Waals surface area contributed by atoms with Crippen LogP contribution < -0.4 is 10.6 Å². The molecule has 4 aromatic rings. The van der Waals surface area contributed by atoms with Crippen LogP contribution in [0.2, 0.25) is 5.02 Å². The molecule has 9 nitrogen and oxygen atoms in total. The summed E-state index contributed by atoms with van der Waals surface area (Å²) in [4.78, 5) is 11.8. The van der Waals surface area contributed by atoms with Crippen molar-refractivity contribution >= 4 is 56.4 Å². The molecule has 0 fully saturated rings. The summed E-state index contributed by atoms with van der Waals surface area (Å²) >= 11 is 7.81. The molecule has 2 aromatic carbocycles. The summed E-state index contributed by atoms with van der Waals surface area (Å²) in [5, 5.41) is 23.8. The van der Waals surface area contributed by atoms with E-state index >= 15 is 0 Å². The van der Waals surface area contributed by atoms with Crippen molar-refractivity contribution in [2.24, 2.45) is 0 Å². The highest BCUT2D eigenvalue weighted by Crippen LogP contribution is 2.34. The van der Waals surface area contributed by atoms with Crippen molar-refractivity contribution in [1.29, 1.82) is 0 Å². The van der Waals surface area contributed by atoms with Gasteiger partial charge in [0.1, 0.15) is 11.6 Å². The molecule has 0 saturated carbocycles. The van der Waals surface area contributed by atoms with E-state index in [0.717, 1.165) is 16.5 Å². The summed E-state index contributed by atoms with van der Waals surface area (Å²) in [6.45, 7) is 0.520. The number of carbonyl (C=O) groups is 1. The lowest BCUT2D eigenvalue weighted by atomic mass is 10.2. The first-order chi connectivity index (χ1) is 14.6. The van der Waals surface area contributed by atoms with Crippen LogP contribution in [0.5, 0.6) is 0 Å². The number of anilines is 3. The van der Waals surface area contributed by atoms with Crippen molar-refractivity contribution in [2.75, 3.05) is 31.0 Å². The van der Waals surface area contributed by atoms with Crippen LogP contribution in [-0.2, 0) is 9.47 Å². The van der Waals surface area contributed by atoms with Gasteiger partial charge in [0.2, 0.25) is 5.13 Å². The van der Waals surface area contributed by atoms with E-state index in [0.29, 0.717) is 33.1 Å². The molecule has 0 saturated heterocycles. The molecule has 0 aliphatic rings. The molecule has 3 N–H and O–H groups in total. The number of ether oxygens (including phenoxy) is 2. The molecule has 0 aliphatic heterocycles. The van der Waals surface area contributed by atoms with Crippen molar-refractivity contribution < 1.29 is 14.3 Å². The molecule has 0 atom stereocenters. The number of nitrogens with one attached hydrogen (secondary N) is 3. The first-order valence-electron chi connectivity index (χ1n) is 8.89. The Morgan fingerprint density at radius 1 is 1.23 bits per heavy atom. The van der Waals surface area contributed by atoms with Crippen molar-refractivity contribution in [1.82, 2.24) is 20.4 Å². The molecule has 154 valence electrons. The van der Waals surface area contributed by atoms with E-state index in [-0.39, 0.29) is 6.61 Å². The van der Waals surface area contributed by atoms with Gasteiger partial charge in [-0.3, -0.25) is 10.4 Å². The normalized spacial score (nSPS) is 10.9. The zero-order chi connectivity index (χ0) is 20.9. The maximum Gasteiger partial charge on any atom is 0.411 e. The second-order valence-corrected chi connectivity index (χ2v) is 7.49. The monoisotopic (exact) mass is 444 g/mol. The summed E-state index contributed by atoms with van der Waals surface area (Å²) in [6, 6.07) is 11.0. The van der Waals surface area contributed by atoms with Gasteiger partial charge in [0.05, 0.1) is 29.0 Å². The predicted octanol–water partition coefficient (Wildman–Crippen LogP) is 4.67. The number of fused-ring (bicyclic) bond motifs is 1. The maximum absolute atomic E-state index is 11.8. The average molecular weight is 445 g/mol. The molecule has 0 radical (unpaired) electrons. The summed E-state index contributed by atoms with van der Waals surface area (Å²) in [7, 11) is 1.54. The van der Waals surface area contributed by atoms with Crippen molar-refractivity contribution in [3.8, 4) is 10.6 Å². The number of carbonyl (C=O) groups excluding carboxylic acids is 1. The molecule has 0 aliphatic carbocycles. The Kier molecular flexibility index (Phi) is 6.07. The number of hydrogen-bond donors (Lipinski definition) is 3. The maximum atomic E-state index is 11.8. The predicted molar refractivity (Wildman–Crippen MR) is 117 cm³/mol. The van der Waals surface area contributed by atoms with Gasteiger partial charge < -0.3 is 14.8 Å². The molecule has 0 spiro atoms. The van der Waals surface area contributed by atoms with Gasteiger partial charge in [-0.05, 0) is 24.3 Å². The summed E-state index contributed by atoms with van der Waals surface area (Å²) in [5.41, 5.74) is 2.97. The number of H-pyrrole nitrogens is 1. The number of aromatic amines is 1. The van der Waals surface area contributed by atoms with Gasteiger partial charge >= 0.3 is 6.09 Å². The molecule has 0 unspecified atom stereocenters. The molecular formula is C19H17ClN6O3S. The van der Waals surface area contributed by atoms with Gasteiger partial charge in [-0.1, -0.05) is 35.1 Å². The lowest BCUT2D eigenvalue weighted by Crippen LogP contribution is -2.16. The van der Waals surface area contributed by atoms with E-state index in [1.807, 2.05) is 24.3 Å². The smallest absolute Gasteiger partial charge is 0.411 e. The van der Waals surface area contributed by atoms with Gasteiger partial charge in [0, 0.05) is 23.7 Å². The van der Waals surface area contributed by atoms with Crippen LogP contribution in [0.1, 0.15) is 0 Å². The number of amides is 1. The summed E-state index contributed by atoms with van der Waals surface area (Å²) in [5.74, 6) is 0. The molecule has 30 heavy (non-hydrogen) atoms. The van der Waals surface area contributed by atoms with Crippen molar-refractivity contribution in [3.05, 3.63) is 47.6 Å². The standard InChI is InChI=1S/C19H17ClN6O3S/c1-28-7-8-29-19(27)22-12-4-2-3-11(9-12)17-25-26-18(30-17)23-15-6-5-14-13(16(15)20)10-21-24-14/h2-6,9-10H,7-8H2,1H3,(H,21,24)(H,22,27)(H,23,26). The van der Waals surface area contributed by atoms with Gasteiger partial charge in [0.15, 0.2) is 0 Å². The molecule has 2 heterocycles. The van der Waals surface area contributed by atoms with E-state index < -0.39 is 6.09 Å². The third-order valence-corrected chi connectivity index (χ3v) is 5.40. The number of aromatic nitrogens is 4. The van der Waals surface area contributed by atoms with Gasteiger partial charge in [-0.25, -0.2) is 4.79 Å². The number of nitrogens with zero attached hydrogens (tertiary/aromatic N) is 3. The Morgan fingerprint density at radius 2 is 2.13 bits per heavy atom. The fourth-order valence-corrected chi connectivity index (χ4v) is 3.70. The highest BCUT2D eigenvalue weighted by atomic mass is 35.5. The van der Waals surface area contributed by atoms with Gasteiger partial charge in [0.25, 0.3) is 0 Å². The van der Waals surface area contributed by atoms with Crippen LogP contribution in [0.3, 0.4) is 0 Å². The lowest BCUT2D eigenvalue weighted by molar-refractivity contribution is 0.107. The van der Waals surface area contributed by atoms with E-state index in [2.05, 4.69) is 31.0 Å². The van der Waals surface area contributed by atoms with Crippen LogP contribution >= 0.6 is 22.9 Å². The van der Waals surface area contributed by atoms with Gasteiger partial charge in [-0.15, -0.1) is 10.2 Å². The summed E-state index contributed by atoms with van der Waals surface area (Å²) < 4.78 is 9.86. The zero-order valence-electron chi connectivity index (χ0n) is 15.8. The van der Waals surface area contributed by atoms with E-state index in [9.17, 15) is 4.79 Å². The molecule has 4 rings (SSSR count). The SMILES string of the molecule is COCCOC(=O)Nc1cccc(-c2nnc(Nc3ccc4[nH]ncc4c3Cl)s2)c1. The summed E-state index contributed by atoms with van der Waals surface area (Å²) in [6.07, 6.45) is 1.13. The molecule has 1 amide bonds. The fraction of sp³-hybridized carbons (Fsp3) is 0.158. The van der Waals surface area contributed by atoms with E-state index in [4.69, 9.17) is 21.1 Å². The minimum Gasteiger partial charge on any atom is -0.447 e. The Hall–Kier alpha value is -3.21.